The van der Waals surface area contributed by atoms with Gasteiger partial charge in [0.15, 0.2) is 0 Å². The normalized spacial score (nSPS) is 24.0. The Morgan fingerprint density at radius 2 is 1.81 bits per heavy atom. The lowest BCUT2D eigenvalue weighted by Gasteiger charge is -2.32. The molecule has 142 valence electrons. The molecule has 0 unspecified atom stereocenters. The van der Waals surface area contributed by atoms with Crippen molar-refractivity contribution < 1.29 is 22.9 Å². The fourth-order valence-electron chi connectivity index (χ4n) is 3.14. The molecule has 3 rings (SSSR count). The van der Waals surface area contributed by atoms with Gasteiger partial charge in [0.2, 0.25) is 0 Å². The molecule has 0 aliphatic carbocycles. The maximum atomic E-state index is 13.6. The van der Waals surface area contributed by atoms with E-state index < -0.39 is 36.7 Å². The van der Waals surface area contributed by atoms with E-state index in [9.17, 15) is 13.6 Å². The van der Waals surface area contributed by atoms with Crippen LogP contribution in [0, 0.1) is 0 Å². The number of carbonyl (C=O) groups is 1. The molecule has 0 N–H and O–H groups in total. The van der Waals surface area contributed by atoms with E-state index >= 15 is 0 Å². The summed E-state index contributed by atoms with van der Waals surface area (Å²) in [6, 6.07) is 4.86. The Morgan fingerprint density at radius 3 is 2.35 bits per heavy atom. The van der Waals surface area contributed by atoms with Crippen molar-refractivity contribution in [3.8, 4) is 0 Å². The summed E-state index contributed by atoms with van der Waals surface area (Å²) in [4.78, 5) is 13.8. The molecule has 2 aliphatic rings. The van der Waals surface area contributed by atoms with Gasteiger partial charge in [-0.05, 0) is 51.7 Å². The van der Waals surface area contributed by atoms with Gasteiger partial charge in [-0.15, -0.1) is 0 Å². The Morgan fingerprint density at radius 1 is 1.19 bits per heavy atom. The highest BCUT2D eigenvalue weighted by Crippen LogP contribution is 2.36. The van der Waals surface area contributed by atoms with Crippen LogP contribution in [0.1, 0.15) is 50.9 Å². The molecule has 1 aromatic carbocycles. The van der Waals surface area contributed by atoms with Crippen molar-refractivity contribution in [1.29, 1.82) is 0 Å². The lowest BCUT2D eigenvalue weighted by Crippen LogP contribution is -2.45. The van der Waals surface area contributed by atoms with E-state index in [2.05, 4.69) is 0 Å². The fourth-order valence-corrected chi connectivity index (χ4v) is 3.41. The van der Waals surface area contributed by atoms with Gasteiger partial charge in [0, 0.05) is 13.0 Å². The maximum Gasteiger partial charge on any atom is 0.494 e. The van der Waals surface area contributed by atoms with Crippen LogP contribution in [-0.2, 0) is 9.31 Å². The summed E-state index contributed by atoms with van der Waals surface area (Å²) >= 11 is 6.29. The highest BCUT2D eigenvalue weighted by molar-refractivity contribution is 6.62. The first-order valence-corrected chi connectivity index (χ1v) is 9.12. The van der Waals surface area contributed by atoms with Crippen LogP contribution in [-0.4, -0.2) is 48.1 Å². The molecule has 0 spiro atoms. The number of nitrogens with zero attached hydrogens (tertiary/aromatic N) is 1. The minimum atomic E-state index is -2.84. The highest BCUT2D eigenvalue weighted by atomic mass is 35.5. The summed E-state index contributed by atoms with van der Waals surface area (Å²) in [6.45, 7) is 7.53. The smallest absolute Gasteiger partial charge is 0.399 e. The van der Waals surface area contributed by atoms with E-state index in [0.717, 1.165) is 0 Å². The fraction of sp³-hybridized carbons (Fsp3) is 0.611. The van der Waals surface area contributed by atoms with Gasteiger partial charge in [0.1, 0.15) is 0 Å². The molecule has 0 saturated carbocycles. The van der Waals surface area contributed by atoms with E-state index in [0.29, 0.717) is 12.0 Å². The number of carbonyl (C=O) groups excluding carboxylic acids is 1. The lowest BCUT2D eigenvalue weighted by molar-refractivity contribution is -0.0560. The summed E-state index contributed by atoms with van der Waals surface area (Å²) in [5.74, 6) is -3.32. The third kappa shape index (κ3) is 3.62. The third-order valence-corrected chi connectivity index (χ3v) is 5.74. The average Bonchev–Trinajstić information content (AvgIpc) is 2.73. The number of hydrogen-bond donors (Lipinski definition) is 0. The zero-order valence-electron chi connectivity index (χ0n) is 15.4. The molecule has 0 bridgehead atoms. The van der Waals surface area contributed by atoms with E-state index in [-0.39, 0.29) is 23.4 Å². The van der Waals surface area contributed by atoms with Crippen molar-refractivity contribution in [1.82, 2.24) is 4.90 Å². The minimum Gasteiger partial charge on any atom is -0.399 e. The summed E-state index contributed by atoms with van der Waals surface area (Å²) < 4.78 is 39.1. The van der Waals surface area contributed by atoms with E-state index in [1.54, 1.807) is 18.2 Å². The van der Waals surface area contributed by atoms with Gasteiger partial charge in [-0.1, -0.05) is 17.7 Å². The molecular formula is C18H23BClF2NO3. The zero-order valence-corrected chi connectivity index (χ0v) is 16.2. The van der Waals surface area contributed by atoms with E-state index in [4.69, 9.17) is 20.9 Å². The number of hydrogen-bond acceptors (Lipinski definition) is 3. The van der Waals surface area contributed by atoms with Gasteiger partial charge in [0.05, 0.1) is 28.3 Å². The second-order valence-electron chi connectivity index (χ2n) is 8.01. The number of likely N-dealkylation sites (tertiary alicyclic amines) is 1. The third-order valence-electron chi connectivity index (χ3n) is 5.43. The number of piperidine rings is 1. The van der Waals surface area contributed by atoms with Crippen molar-refractivity contribution >= 4 is 30.1 Å². The predicted molar refractivity (Wildman–Crippen MR) is 97.3 cm³/mol. The van der Waals surface area contributed by atoms with Crippen LogP contribution in [0.2, 0.25) is 5.02 Å². The molecule has 1 amide bonds. The number of rotatable bonds is 2. The quantitative estimate of drug-likeness (QED) is 0.731. The number of benzene rings is 1. The van der Waals surface area contributed by atoms with Crippen molar-refractivity contribution in [2.45, 2.75) is 57.7 Å². The summed E-state index contributed by atoms with van der Waals surface area (Å²) in [7, 11) is -0.596. The molecule has 4 nitrogen and oxygen atoms in total. The Kier molecular flexibility index (Phi) is 4.87. The molecule has 2 aliphatic heterocycles. The number of halogens is 3. The van der Waals surface area contributed by atoms with Gasteiger partial charge in [-0.25, -0.2) is 8.78 Å². The van der Waals surface area contributed by atoms with Crippen molar-refractivity contribution in [2.75, 3.05) is 13.1 Å². The molecule has 1 aromatic rings. The zero-order chi connectivity index (χ0) is 19.3. The Balaban J connectivity index is 1.79. The monoisotopic (exact) mass is 385 g/mol. The van der Waals surface area contributed by atoms with Crippen LogP contribution in [0.4, 0.5) is 8.78 Å². The van der Waals surface area contributed by atoms with Gasteiger partial charge in [0.25, 0.3) is 11.8 Å². The second-order valence-corrected chi connectivity index (χ2v) is 8.42. The van der Waals surface area contributed by atoms with Crippen LogP contribution in [0.5, 0.6) is 0 Å². The van der Waals surface area contributed by atoms with E-state index in [1.807, 2.05) is 27.7 Å². The maximum absolute atomic E-state index is 13.6. The first kappa shape index (κ1) is 19.6. The van der Waals surface area contributed by atoms with Crippen molar-refractivity contribution in [2.24, 2.45) is 0 Å². The predicted octanol–water partition coefficient (Wildman–Crippen LogP) is 3.51. The molecule has 0 atom stereocenters. The first-order chi connectivity index (χ1) is 11.9. The number of amides is 1. The molecule has 2 saturated heterocycles. The van der Waals surface area contributed by atoms with Gasteiger partial charge >= 0.3 is 7.12 Å². The van der Waals surface area contributed by atoms with E-state index in [1.165, 1.54) is 4.90 Å². The Hall–Kier alpha value is -1.18. The van der Waals surface area contributed by atoms with Crippen LogP contribution < -0.4 is 5.46 Å². The van der Waals surface area contributed by atoms with Gasteiger partial charge < -0.3 is 14.2 Å². The van der Waals surface area contributed by atoms with Crippen LogP contribution in [0.25, 0.3) is 0 Å². The van der Waals surface area contributed by atoms with Crippen LogP contribution in [0.3, 0.4) is 0 Å². The lowest BCUT2D eigenvalue weighted by atomic mass is 9.79. The molecule has 2 heterocycles. The second kappa shape index (κ2) is 6.46. The van der Waals surface area contributed by atoms with Crippen LogP contribution >= 0.6 is 11.6 Å². The van der Waals surface area contributed by atoms with Crippen LogP contribution in [0.15, 0.2) is 18.2 Å². The summed E-state index contributed by atoms with van der Waals surface area (Å²) in [6.07, 6.45) is 0.0910. The highest BCUT2D eigenvalue weighted by Gasteiger charge is 2.51. The molecule has 0 aromatic heterocycles. The molecular weight excluding hydrogens is 362 g/mol. The molecule has 2 fully saturated rings. The summed E-state index contributed by atoms with van der Waals surface area (Å²) in [5, 5.41) is 0.205. The molecule has 8 heteroatoms. The van der Waals surface area contributed by atoms with Crippen molar-refractivity contribution in [3.05, 3.63) is 28.8 Å². The Labute approximate surface area is 157 Å². The number of alkyl halides is 2. The average molecular weight is 386 g/mol. The SMILES string of the molecule is CC1(C)OB(c2ccc(C(=O)N3CCCC(F)(F)C3)c(Cl)c2)OC1(C)C. The standard InChI is InChI=1S/C18H23BClF2NO3/c1-16(2)17(3,4)26-19(25-16)12-6-7-13(14(20)10-12)15(24)23-9-5-8-18(21,22)11-23/h6-7,10H,5,8-9,11H2,1-4H3. The van der Waals surface area contributed by atoms with Gasteiger partial charge in [-0.2, -0.15) is 0 Å². The topological polar surface area (TPSA) is 38.8 Å². The van der Waals surface area contributed by atoms with Crippen molar-refractivity contribution in [3.63, 3.8) is 0 Å². The summed E-state index contributed by atoms with van der Waals surface area (Å²) in [5.41, 5.74) is -0.0745. The molecule has 26 heavy (non-hydrogen) atoms. The molecule has 0 radical (unpaired) electrons. The minimum absolute atomic E-state index is 0.189. The Bertz CT molecular complexity index is 710. The largest absolute Gasteiger partial charge is 0.494 e. The first-order valence-electron chi connectivity index (χ1n) is 8.74. The van der Waals surface area contributed by atoms with Gasteiger partial charge in [-0.3, -0.25) is 4.79 Å².